The lowest BCUT2D eigenvalue weighted by Crippen LogP contribution is -1.92. The van der Waals surface area contributed by atoms with Crippen LogP contribution in [0.2, 0.25) is 0 Å². The summed E-state index contributed by atoms with van der Waals surface area (Å²) in [5.41, 5.74) is 1.40. The summed E-state index contributed by atoms with van der Waals surface area (Å²) < 4.78 is 5.22. The Labute approximate surface area is 113 Å². The fraction of sp³-hybridized carbons (Fsp3) is 0.588. The largest absolute Gasteiger partial charge is 0.493 e. The first-order chi connectivity index (χ1) is 8.86. The molecule has 0 aliphatic rings. The second-order valence-electron chi connectivity index (χ2n) is 4.83. The molecule has 1 nitrogen and oxygen atoms in total. The molecule has 0 aliphatic heterocycles. The average Bonchev–Trinajstić information content (AvgIpc) is 2.40. The number of hydrogen-bond acceptors (Lipinski definition) is 1. The van der Waals surface area contributed by atoms with Gasteiger partial charge in [-0.25, -0.2) is 0 Å². The summed E-state index contributed by atoms with van der Waals surface area (Å²) in [7, 11) is 0. The van der Waals surface area contributed by atoms with Crippen LogP contribution in [0.1, 0.15) is 57.4 Å². The van der Waals surface area contributed by atoms with E-state index in [-0.39, 0.29) is 6.61 Å². The maximum absolute atomic E-state index is 5.32. The number of ether oxygens (including phenoxy) is 1. The quantitative estimate of drug-likeness (QED) is 0.524. The third kappa shape index (κ3) is 6.68. The minimum Gasteiger partial charge on any atom is -0.493 e. The molecule has 18 heavy (non-hydrogen) atoms. The van der Waals surface area contributed by atoms with Crippen LogP contribution in [0.25, 0.3) is 0 Å². The molecule has 0 atom stereocenters. The number of benzene rings is 1. The normalized spacial score (nSPS) is 10.6. The highest BCUT2D eigenvalue weighted by Crippen LogP contribution is 2.15. The summed E-state index contributed by atoms with van der Waals surface area (Å²) in [6.45, 7) is 7.83. The van der Waals surface area contributed by atoms with E-state index in [0.29, 0.717) is 0 Å². The van der Waals surface area contributed by atoms with Gasteiger partial charge in [0.2, 0.25) is 0 Å². The van der Waals surface area contributed by atoms with Gasteiger partial charge in [-0.2, -0.15) is 0 Å². The van der Waals surface area contributed by atoms with Crippen molar-refractivity contribution in [2.75, 3.05) is 6.61 Å². The number of aryl methyl sites for hydroxylation is 1. The SMILES string of the molecule is [CH]COc1ccc(CCCCCCCCC)cc1. The summed E-state index contributed by atoms with van der Waals surface area (Å²) in [5.74, 6) is 0.862. The summed E-state index contributed by atoms with van der Waals surface area (Å²) in [6, 6.07) is 8.29. The molecule has 0 saturated carbocycles. The van der Waals surface area contributed by atoms with Gasteiger partial charge >= 0.3 is 0 Å². The predicted octanol–water partition coefficient (Wildman–Crippen LogP) is 5.07. The van der Waals surface area contributed by atoms with Crippen LogP contribution in [-0.4, -0.2) is 6.61 Å². The van der Waals surface area contributed by atoms with Crippen LogP contribution in [0.15, 0.2) is 24.3 Å². The molecule has 0 heterocycles. The van der Waals surface area contributed by atoms with Gasteiger partial charge in [-0.05, 0) is 30.5 Å². The molecular formula is C17H26O. The first kappa shape index (κ1) is 15.1. The topological polar surface area (TPSA) is 9.23 Å². The van der Waals surface area contributed by atoms with E-state index in [1.807, 2.05) is 12.1 Å². The fourth-order valence-electron chi connectivity index (χ4n) is 2.13. The van der Waals surface area contributed by atoms with E-state index in [4.69, 9.17) is 11.7 Å². The Hall–Kier alpha value is -0.980. The Kier molecular flexibility index (Phi) is 8.37. The maximum Gasteiger partial charge on any atom is 0.119 e. The molecule has 0 amide bonds. The summed E-state index contributed by atoms with van der Waals surface area (Å²) in [4.78, 5) is 0. The summed E-state index contributed by atoms with van der Waals surface area (Å²) in [6.07, 6.45) is 10.7. The third-order valence-corrected chi connectivity index (χ3v) is 3.24. The Morgan fingerprint density at radius 1 is 0.889 bits per heavy atom. The average molecular weight is 246 g/mol. The molecule has 0 aliphatic carbocycles. The molecule has 2 radical (unpaired) electrons. The van der Waals surface area contributed by atoms with Crippen LogP contribution < -0.4 is 4.74 Å². The zero-order valence-corrected chi connectivity index (χ0v) is 11.7. The molecule has 1 aromatic rings. The molecule has 1 aromatic carbocycles. The van der Waals surface area contributed by atoms with Crippen LogP contribution >= 0.6 is 0 Å². The lowest BCUT2D eigenvalue weighted by Gasteiger charge is -2.05. The van der Waals surface area contributed by atoms with Crippen LogP contribution in [0, 0.1) is 6.92 Å². The van der Waals surface area contributed by atoms with Gasteiger partial charge in [0.1, 0.15) is 5.75 Å². The monoisotopic (exact) mass is 246 g/mol. The van der Waals surface area contributed by atoms with Crippen LogP contribution in [0.4, 0.5) is 0 Å². The molecule has 0 unspecified atom stereocenters. The van der Waals surface area contributed by atoms with Gasteiger partial charge in [0.05, 0.1) is 6.61 Å². The van der Waals surface area contributed by atoms with Crippen molar-refractivity contribution >= 4 is 0 Å². The molecule has 0 spiro atoms. The number of unbranched alkanes of at least 4 members (excludes halogenated alkanes) is 6. The third-order valence-electron chi connectivity index (χ3n) is 3.24. The molecule has 0 N–H and O–H groups in total. The van der Waals surface area contributed by atoms with Crippen molar-refractivity contribution < 1.29 is 4.74 Å². The van der Waals surface area contributed by atoms with Crippen molar-refractivity contribution in [2.45, 2.75) is 58.3 Å². The lowest BCUT2D eigenvalue weighted by molar-refractivity contribution is 0.361. The highest BCUT2D eigenvalue weighted by atomic mass is 16.5. The molecule has 0 fully saturated rings. The van der Waals surface area contributed by atoms with Crippen molar-refractivity contribution in [1.29, 1.82) is 0 Å². The van der Waals surface area contributed by atoms with E-state index in [9.17, 15) is 0 Å². The first-order valence-electron chi connectivity index (χ1n) is 7.28. The van der Waals surface area contributed by atoms with Crippen molar-refractivity contribution in [2.24, 2.45) is 0 Å². The fourth-order valence-corrected chi connectivity index (χ4v) is 2.13. The standard InChI is InChI=1S/C17H26O/c1-3-5-6-7-8-9-10-11-16-12-14-17(15-13-16)18-4-2/h2,12-15H,3-11H2,1H3. The zero-order valence-electron chi connectivity index (χ0n) is 11.7. The molecule has 0 bridgehead atoms. The van der Waals surface area contributed by atoms with Crippen molar-refractivity contribution in [3.05, 3.63) is 36.8 Å². The van der Waals surface area contributed by atoms with Gasteiger partial charge in [-0.3, -0.25) is 0 Å². The van der Waals surface area contributed by atoms with Gasteiger partial charge in [-0.1, -0.05) is 57.6 Å². The second kappa shape index (κ2) is 9.99. The number of hydrogen-bond donors (Lipinski definition) is 0. The van der Waals surface area contributed by atoms with Gasteiger partial charge in [-0.15, -0.1) is 0 Å². The Balaban J connectivity index is 2.08. The van der Waals surface area contributed by atoms with Gasteiger partial charge in [0.25, 0.3) is 0 Å². The first-order valence-corrected chi connectivity index (χ1v) is 7.28. The highest BCUT2D eigenvalue weighted by molar-refractivity contribution is 5.27. The number of rotatable bonds is 10. The van der Waals surface area contributed by atoms with E-state index in [2.05, 4.69) is 19.1 Å². The highest BCUT2D eigenvalue weighted by Gasteiger charge is 1.96. The Morgan fingerprint density at radius 2 is 1.50 bits per heavy atom. The van der Waals surface area contributed by atoms with Crippen LogP contribution in [0.5, 0.6) is 5.75 Å². The van der Waals surface area contributed by atoms with E-state index < -0.39 is 0 Å². The van der Waals surface area contributed by atoms with Crippen molar-refractivity contribution in [3.8, 4) is 5.75 Å². The van der Waals surface area contributed by atoms with Gasteiger partial charge in [0.15, 0.2) is 0 Å². The Morgan fingerprint density at radius 3 is 2.11 bits per heavy atom. The van der Waals surface area contributed by atoms with Crippen LogP contribution in [0.3, 0.4) is 0 Å². The van der Waals surface area contributed by atoms with Crippen molar-refractivity contribution in [3.63, 3.8) is 0 Å². The van der Waals surface area contributed by atoms with E-state index in [1.165, 1.54) is 56.9 Å². The predicted molar refractivity (Wildman–Crippen MR) is 77.9 cm³/mol. The lowest BCUT2D eigenvalue weighted by atomic mass is 10.0. The molecule has 100 valence electrons. The summed E-state index contributed by atoms with van der Waals surface area (Å²) >= 11 is 0. The van der Waals surface area contributed by atoms with E-state index >= 15 is 0 Å². The summed E-state index contributed by atoms with van der Waals surface area (Å²) in [5, 5.41) is 0. The van der Waals surface area contributed by atoms with Crippen molar-refractivity contribution in [1.82, 2.24) is 0 Å². The van der Waals surface area contributed by atoms with Crippen LogP contribution in [-0.2, 0) is 6.42 Å². The molecule has 1 heteroatoms. The van der Waals surface area contributed by atoms with E-state index in [1.54, 1.807) is 0 Å². The molecular weight excluding hydrogens is 220 g/mol. The van der Waals surface area contributed by atoms with Gasteiger partial charge < -0.3 is 4.74 Å². The minimum absolute atomic E-state index is 0.247. The maximum atomic E-state index is 5.32. The minimum atomic E-state index is 0.247. The van der Waals surface area contributed by atoms with E-state index in [0.717, 1.165) is 5.75 Å². The zero-order chi connectivity index (χ0) is 13.1. The Bertz CT molecular complexity index is 289. The molecule has 0 aromatic heterocycles. The van der Waals surface area contributed by atoms with Gasteiger partial charge in [0, 0.05) is 6.92 Å². The second-order valence-corrected chi connectivity index (χ2v) is 4.83. The molecule has 1 rings (SSSR count). The smallest absolute Gasteiger partial charge is 0.119 e. The molecule has 0 saturated heterocycles.